The van der Waals surface area contributed by atoms with Gasteiger partial charge in [-0.2, -0.15) is 21.6 Å². The van der Waals surface area contributed by atoms with Gasteiger partial charge in [-0.3, -0.25) is 4.79 Å². The second-order valence-electron chi connectivity index (χ2n) is 2.30. The number of sulfonamides is 1. The van der Waals surface area contributed by atoms with Crippen LogP contribution in [0.3, 0.4) is 0 Å². The van der Waals surface area contributed by atoms with Crippen molar-refractivity contribution in [1.29, 1.82) is 0 Å². The summed E-state index contributed by atoms with van der Waals surface area (Å²) in [4.78, 5) is 10.6. The molecule has 0 unspecified atom stereocenters. The van der Waals surface area contributed by atoms with Gasteiger partial charge in [0.1, 0.15) is 0 Å². The SMILES string of the molecule is C=CCCC(=O)NS(=O)(=O)C(F)(F)F. The third-order valence-electron chi connectivity index (χ3n) is 1.13. The van der Waals surface area contributed by atoms with Crippen molar-refractivity contribution in [2.45, 2.75) is 18.3 Å². The molecule has 4 nitrogen and oxygen atoms in total. The standard InChI is InChI=1S/C6H8F3NO3S/c1-2-3-4-5(11)10-14(12,13)6(7,8)9/h2H,1,3-4H2,(H,10,11). The Morgan fingerprint density at radius 2 is 1.93 bits per heavy atom. The maximum Gasteiger partial charge on any atom is 0.516 e. The van der Waals surface area contributed by atoms with E-state index in [-0.39, 0.29) is 12.8 Å². The molecule has 14 heavy (non-hydrogen) atoms. The van der Waals surface area contributed by atoms with Crippen LogP contribution in [0.1, 0.15) is 12.8 Å². The zero-order valence-electron chi connectivity index (χ0n) is 6.97. The monoisotopic (exact) mass is 231 g/mol. The van der Waals surface area contributed by atoms with Gasteiger partial charge in [-0.25, -0.2) is 4.72 Å². The molecule has 1 N–H and O–H groups in total. The van der Waals surface area contributed by atoms with Crippen LogP contribution in [-0.2, 0) is 14.8 Å². The van der Waals surface area contributed by atoms with Gasteiger partial charge in [0.05, 0.1) is 0 Å². The summed E-state index contributed by atoms with van der Waals surface area (Å²) in [6, 6.07) is 0. The molecule has 0 bridgehead atoms. The predicted molar refractivity (Wildman–Crippen MR) is 42.5 cm³/mol. The lowest BCUT2D eigenvalue weighted by Crippen LogP contribution is -2.40. The molecule has 0 aromatic rings. The van der Waals surface area contributed by atoms with E-state index in [9.17, 15) is 26.4 Å². The van der Waals surface area contributed by atoms with Gasteiger partial charge < -0.3 is 0 Å². The fourth-order valence-corrected chi connectivity index (χ4v) is 1.01. The molecule has 82 valence electrons. The number of alkyl halides is 3. The maximum absolute atomic E-state index is 11.7. The summed E-state index contributed by atoms with van der Waals surface area (Å²) in [5.41, 5.74) is -5.46. The molecule has 0 aliphatic heterocycles. The summed E-state index contributed by atoms with van der Waals surface area (Å²) >= 11 is 0. The van der Waals surface area contributed by atoms with E-state index in [1.807, 2.05) is 0 Å². The van der Waals surface area contributed by atoms with E-state index < -0.39 is 21.4 Å². The number of allylic oxidation sites excluding steroid dienone is 1. The number of carbonyl (C=O) groups excluding carboxylic acids is 1. The molecule has 0 spiro atoms. The fraction of sp³-hybridized carbons (Fsp3) is 0.500. The van der Waals surface area contributed by atoms with Crippen LogP contribution in [0.5, 0.6) is 0 Å². The van der Waals surface area contributed by atoms with Crippen molar-refractivity contribution < 1.29 is 26.4 Å². The van der Waals surface area contributed by atoms with Gasteiger partial charge in [0, 0.05) is 6.42 Å². The highest BCUT2D eigenvalue weighted by Gasteiger charge is 2.46. The van der Waals surface area contributed by atoms with E-state index in [2.05, 4.69) is 6.58 Å². The molecule has 0 saturated heterocycles. The number of hydrogen-bond donors (Lipinski definition) is 1. The average molecular weight is 231 g/mol. The molecule has 0 saturated carbocycles. The fourth-order valence-electron chi connectivity index (χ4n) is 0.492. The smallest absolute Gasteiger partial charge is 0.274 e. The predicted octanol–water partition coefficient (Wildman–Crippen LogP) is 0.918. The van der Waals surface area contributed by atoms with Crippen molar-refractivity contribution in [3.63, 3.8) is 0 Å². The first-order valence-corrected chi connectivity index (χ1v) is 4.92. The second kappa shape index (κ2) is 4.45. The topological polar surface area (TPSA) is 63.2 Å². The summed E-state index contributed by atoms with van der Waals surface area (Å²) in [6.45, 7) is 3.23. The maximum atomic E-state index is 11.7. The van der Waals surface area contributed by atoms with Crippen LogP contribution in [0.4, 0.5) is 13.2 Å². The Kier molecular flexibility index (Phi) is 4.11. The van der Waals surface area contributed by atoms with E-state index in [0.717, 1.165) is 4.72 Å². The molecular formula is C6H8F3NO3S. The first-order chi connectivity index (χ1) is 6.20. The summed E-state index contributed by atoms with van der Waals surface area (Å²) in [6.07, 6.45) is 1.05. The molecule has 0 aromatic heterocycles. The molecule has 0 heterocycles. The van der Waals surface area contributed by atoms with E-state index in [0.29, 0.717) is 0 Å². The molecule has 8 heteroatoms. The van der Waals surface area contributed by atoms with Gasteiger partial charge in [-0.1, -0.05) is 6.08 Å². The zero-order valence-corrected chi connectivity index (χ0v) is 7.78. The van der Waals surface area contributed by atoms with Crippen molar-refractivity contribution in [1.82, 2.24) is 4.72 Å². The third-order valence-corrected chi connectivity index (χ3v) is 2.23. The van der Waals surface area contributed by atoms with Crippen molar-refractivity contribution in [2.75, 3.05) is 0 Å². The second-order valence-corrected chi connectivity index (χ2v) is 3.98. The number of rotatable bonds is 4. The summed E-state index contributed by atoms with van der Waals surface area (Å²) < 4.78 is 56.7. The van der Waals surface area contributed by atoms with Crippen LogP contribution in [-0.4, -0.2) is 19.8 Å². The van der Waals surface area contributed by atoms with Crippen LogP contribution >= 0.6 is 0 Å². The normalized spacial score (nSPS) is 12.2. The Hall–Kier alpha value is -1.05. The largest absolute Gasteiger partial charge is 0.516 e. The average Bonchev–Trinajstić information content (AvgIpc) is 1.97. The van der Waals surface area contributed by atoms with Gasteiger partial charge in [0.2, 0.25) is 5.91 Å². The van der Waals surface area contributed by atoms with Crippen molar-refractivity contribution >= 4 is 15.9 Å². The Labute approximate surface area is 78.8 Å². The van der Waals surface area contributed by atoms with Crippen LogP contribution in [0.2, 0.25) is 0 Å². The van der Waals surface area contributed by atoms with Gasteiger partial charge in [0.15, 0.2) is 0 Å². The lowest BCUT2D eigenvalue weighted by molar-refractivity contribution is -0.119. The Balaban J connectivity index is 4.39. The molecule has 0 aliphatic rings. The molecule has 0 aliphatic carbocycles. The molecule has 0 radical (unpaired) electrons. The summed E-state index contributed by atoms with van der Waals surface area (Å²) in [7, 11) is -5.56. The molecule has 0 fully saturated rings. The van der Waals surface area contributed by atoms with Crippen LogP contribution in [0.25, 0.3) is 0 Å². The lowest BCUT2D eigenvalue weighted by Gasteiger charge is -2.08. The lowest BCUT2D eigenvalue weighted by atomic mass is 10.3. The minimum absolute atomic E-state index is 0.110. The number of hydrogen-bond acceptors (Lipinski definition) is 3. The van der Waals surface area contributed by atoms with Gasteiger partial charge in [-0.15, -0.1) is 6.58 Å². The highest BCUT2D eigenvalue weighted by molar-refractivity contribution is 7.90. The first-order valence-electron chi connectivity index (χ1n) is 3.43. The van der Waals surface area contributed by atoms with Gasteiger partial charge in [0.25, 0.3) is 0 Å². The van der Waals surface area contributed by atoms with E-state index in [1.165, 1.54) is 6.08 Å². The number of carbonyl (C=O) groups is 1. The van der Waals surface area contributed by atoms with Crippen molar-refractivity contribution in [2.24, 2.45) is 0 Å². The first kappa shape index (κ1) is 12.9. The quantitative estimate of drug-likeness (QED) is 0.732. The van der Waals surface area contributed by atoms with Gasteiger partial charge in [-0.05, 0) is 6.42 Å². The van der Waals surface area contributed by atoms with E-state index in [4.69, 9.17) is 0 Å². The summed E-state index contributed by atoms with van der Waals surface area (Å²) in [5, 5.41) is 0. The zero-order chi connectivity index (χ0) is 11.4. The highest BCUT2D eigenvalue weighted by atomic mass is 32.2. The summed E-state index contributed by atoms with van der Waals surface area (Å²) in [5.74, 6) is -1.21. The van der Waals surface area contributed by atoms with Crippen molar-refractivity contribution in [3.8, 4) is 0 Å². The Morgan fingerprint density at radius 3 is 2.29 bits per heavy atom. The van der Waals surface area contributed by atoms with E-state index >= 15 is 0 Å². The molecule has 0 aromatic carbocycles. The van der Waals surface area contributed by atoms with Crippen LogP contribution < -0.4 is 4.72 Å². The minimum Gasteiger partial charge on any atom is -0.274 e. The third kappa shape index (κ3) is 3.77. The van der Waals surface area contributed by atoms with Gasteiger partial charge >= 0.3 is 15.5 Å². The molecule has 1 amide bonds. The van der Waals surface area contributed by atoms with E-state index in [1.54, 1.807) is 0 Å². The number of amides is 1. The molecular weight excluding hydrogens is 223 g/mol. The molecule has 0 rings (SSSR count). The number of nitrogens with one attached hydrogen (secondary N) is 1. The molecule has 0 atom stereocenters. The Morgan fingerprint density at radius 1 is 1.43 bits per heavy atom. The highest BCUT2D eigenvalue weighted by Crippen LogP contribution is 2.21. The van der Waals surface area contributed by atoms with Crippen LogP contribution in [0, 0.1) is 0 Å². The minimum atomic E-state index is -5.56. The Bertz CT molecular complexity index is 320. The van der Waals surface area contributed by atoms with Crippen molar-refractivity contribution in [3.05, 3.63) is 12.7 Å². The van der Waals surface area contributed by atoms with Crippen LogP contribution in [0.15, 0.2) is 12.7 Å². The number of halogens is 3.